The third-order valence-corrected chi connectivity index (χ3v) is 2.42. The van der Waals surface area contributed by atoms with Crippen LogP contribution >= 0.6 is 12.6 Å². The zero-order valence-corrected chi connectivity index (χ0v) is 8.22. The normalized spacial score (nSPS) is 24.3. The number of ether oxygens (including phenoxy) is 1. The van der Waals surface area contributed by atoms with Gasteiger partial charge in [0.25, 0.3) is 0 Å². The highest BCUT2D eigenvalue weighted by molar-refractivity contribution is 7.80. The van der Waals surface area contributed by atoms with Crippen molar-refractivity contribution in [3.8, 4) is 0 Å². The summed E-state index contributed by atoms with van der Waals surface area (Å²) in [7, 11) is 1.44. The zero-order chi connectivity index (χ0) is 8.97. The van der Waals surface area contributed by atoms with Gasteiger partial charge in [-0.05, 0) is 19.4 Å². The molecule has 1 unspecified atom stereocenters. The molecule has 0 amide bonds. The minimum Gasteiger partial charge on any atom is -0.468 e. The first kappa shape index (κ1) is 9.86. The lowest BCUT2D eigenvalue weighted by atomic mass is 10.2. The first-order valence-electron chi connectivity index (χ1n) is 4.22. The molecule has 0 aromatic carbocycles. The molecule has 1 rings (SSSR count). The van der Waals surface area contributed by atoms with Crippen molar-refractivity contribution in [3.63, 3.8) is 0 Å². The molecular formula is C8H15NO2S. The monoisotopic (exact) mass is 189 g/mol. The Kier molecular flexibility index (Phi) is 3.88. The molecule has 1 aliphatic rings. The van der Waals surface area contributed by atoms with Gasteiger partial charge in [0, 0.05) is 12.3 Å². The Bertz CT molecular complexity index is 163. The Morgan fingerprint density at radius 1 is 1.75 bits per heavy atom. The Morgan fingerprint density at radius 2 is 2.50 bits per heavy atom. The maximum atomic E-state index is 11.2. The van der Waals surface area contributed by atoms with E-state index in [9.17, 15) is 4.79 Å². The van der Waals surface area contributed by atoms with Gasteiger partial charge in [-0.2, -0.15) is 12.6 Å². The van der Waals surface area contributed by atoms with E-state index < -0.39 is 0 Å². The molecule has 0 N–H and O–H groups in total. The second kappa shape index (κ2) is 4.72. The largest absolute Gasteiger partial charge is 0.468 e. The number of nitrogens with zero attached hydrogens (tertiary/aromatic N) is 1. The SMILES string of the molecule is COC(=O)C1CCCN1CCS. The zero-order valence-electron chi connectivity index (χ0n) is 7.32. The van der Waals surface area contributed by atoms with Gasteiger partial charge in [0.2, 0.25) is 0 Å². The van der Waals surface area contributed by atoms with Crippen LogP contribution in [0.1, 0.15) is 12.8 Å². The van der Waals surface area contributed by atoms with Gasteiger partial charge >= 0.3 is 5.97 Å². The number of hydrogen-bond acceptors (Lipinski definition) is 4. The fourth-order valence-electron chi connectivity index (χ4n) is 1.63. The van der Waals surface area contributed by atoms with Crippen LogP contribution < -0.4 is 0 Å². The summed E-state index contributed by atoms with van der Waals surface area (Å²) in [6.07, 6.45) is 2.02. The standard InChI is InChI=1S/C8H15NO2S/c1-11-8(10)7-3-2-4-9(7)5-6-12/h7,12H,2-6H2,1H3. The molecule has 0 spiro atoms. The Labute approximate surface area is 78.5 Å². The summed E-state index contributed by atoms with van der Waals surface area (Å²) in [4.78, 5) is 13.3. The molecule has 0 aliphatic carbocycles. The summed E-state index contributed by atoms with van der Waals surface area (Å²) in [5.74, 6) is 0.697. The van der Waals surface area contributed by atoms with Crippen molar-refractivity contribution in [1.29, 1.82) is 0 Å². The number of esters is 1. The van der Waals surface area contributed by atoms with E-state index in [1.54, 1.807) is 0 Å². The van der Waals surface area contributed by atoms with Crippen molar-refractivity contribution < 1.29 is 9.53 Å². The van der Waals surface area contributed by atoms with E-state index in [0.29, 0.717) is 0 Å². The molecular weight excluding hydrogens is 174 g/mol. The van der Waals surface area contributed by atoms with E-state index in [1.807, 2.05) is 0 Å². The van der Waals surface area contributed by atoms with Crippen molar-refractivity contribution in [2.24, 2.45) is 0 Å². The summed E-state index contributed by atoms with van der Waals surface area (Å²) in [6.45, 7) is 1.88. The molecule has 0 radical (unpaired) electrons. The fraction of sp³-hybridized carbons (Fsp3) is 0.875. The second-order valence-corrected chi connectivity index (χ2v) is 3.39. The first-order chi connectivity index (χ1) is 5.79. The van der Waals surface area contributed by atoms with Crippen molar-refractivity contribution in [3.05, 3.63) is 0 Å². The van der Waals surface area contributed by atoms with Crippen LogP contribution in [0.5, 0.6) is 0 Å². The molecule has 0 aromatic rings. The van der Waals surface area contributed by atoms with Crippen LogP contribution in [0.3, 0.4) is 0 Å². The number of thiol groups is 1. The predicted octanol–water partition coefficient (Wildman–Crippen LogP) is 0.554. The molecule has 1 heterocycles. The Hall–Kier alpha value is -0.220. The lowest BCUT2D eigenvalue weighted by Gasteiger charge is -2.20. The van der Waals surface area contributed by atoms with Crippen LogP contribution in [-0.4, -0.2) is 42.9 Å². The number of hydrogen-bond donors (Lipinski definition) is 1. The Balaban J connectivity index is 2.45. The number of methoxy groups -OCH3 is 1. The van der Waals surface area contributed by atoms with E-state index in [0.717, 1.165) is 31.7 Å². The lowest BCUT2D eigenvalue weighted by molar-refractivity contribution is -0.145. The molecule has 1 saturated heterocycles. The van der Waals surface area contributed by atoms with Crippen molar-refractivity contribution in [1.82, 2.24) is 4.90 Å². The van der Waals surface area contributed by atoms with Gasteiger partial charge in [-0.15, -0.1) is 0 Å². The first-order valence-corrected chi connectivity index (χ1v) is 4.85. The van der Waals surface area contributed by atoms with Gasteiger partial charge in [-0.1, -0.05) is 0 Å². The van der Waals surface area contributed by atoms with Crippen LogP contribution in [0.25, 0.3) is 0 Å². The molecule has 0 aromatic heterocycles. The van der Waals surface area contributed by atoms with Crippen LogP contribution in [0.2, 0.25) is 0 Å². The highest BCUT2D eigenvalue weighted by Gasteiger charge is 2.30. The number of rotatable bonds is 3. The average Bonchev–Trinajstić information content (AvgIpc) is 2.52. The quantitative estimate of drug-likeness (QED) is 0.519. The molecule has 0 saturated carbocycles. The van der Waals surface area contributed by atoms with Crippen LogP contribution in [0.4, 0.5) is 0 Å². The highest BCUT2D eigenvalue weighted by Crippen LogP contribution is 2.17. The smallest absolute Gasteiger partial charge is 0.323 e. The molecule has 1 aliphatic heterocycles. The fourth-order valence-corrected chi connectivity index (χ4v) is 1.88. The number of carbonyl (C=O) groups excluding carboxylic acids is 1. The summed E-state index contributed by atoms with van der Waals surface area (Å²) in [5, 5.41) is 0. The molecule has 0 bridgehead atoms. The predicted molar refractivity (Wildman–Crippen MR) is 50.5 cm³/mol. The van der Waals surface area contributed by atoms with Gasteiger partial charge in [-0.25, -0.2) is 0 Å². The van der Waals surface area contributed by atoms with Crippen LogP contribution in [-0.2, 0) is 9.53 Å². The van der Waals surface area contributed by atoms with Crippen LogP contribution in [0.15, 0.2) is 0 Å². The average molecular weight is 189 g/mol. The summed E-state index contributed by atoms with van der Waals surface area (Å²) in [5.41, 5.74) is 0. The van der Waals surface area contributed by atoms with Crippen molar-refractivity contribution in [2.75, 3.05) is 26.0 Å². The van der Waals surface area contributed by atoms with E-state index in [2.05, 4.69) is 17.5 Å². The maximum absolute atomic E-state index is 11.2. The lowest BCUT2D eigenvalue weighted by Crippen LogP contribution is -2.37. The summed E-state index contributed by atoms with van der Waals surface area (Å²) in [6, 6.07) is -0.0119. The Morgan fingerprint density at radius 3 is 3.08 bits per heavy atom. The maximum Gasteiger partial charge on any atom is 0.323 e. The minimum atomic E-state index is -0.103. The third-order valence-electron chi connectivity index (χ3n) is 2.22. The van der Waals surface area contributed by atoms with E-state index in [-0.39, 0.29) is 12.0 Å². The molecule has 1 atom stereocenters. The topological polar surface area (TPSA) is 29.5 Å². The van der Waals surface area contributed by atoms with Gasteiger partial charge in [0.15, 0.2) is 0 Å². The number of carbonyl (C=O) groups is 1. The minimum absolute atomic E-state index is 0.0119. The highest BCUT2D eigenvalue weighted by atomic mass is 32.1. The van der Waals surface area contributed by atoms with Crippen molar-refractivity contribution >= 4 is 18.6 Å². The van der Waals surface area contributed by atoms with E-state index in [1.165, 1.54) is 7.11 Å². The van der Waals surface area contributed by atoms with E-state index >= 15 is 0 Å². The molecule has 12 heavy (non-hydrogen) atoms. The van der Waals surface area contributed by atoms with E-state index in [4.69, 9.17) is 4.74 Å². The molecule has 4 heteroatoms. The molecule has 70 valence electrons. The molecule has 1 fully saturated rings. The summed E-state index contributed by atoms with van der Waals surface area (Å²) >= 11 is 4.14. The van der Waals surface area contributed by atoms with Gasteiger partial charge in [0.05, 0.1) is 7.11 Å². The van der Waals surface area contributed by atoms with Crippen LogP contribution in [0, 0.1) is 0 Å². The summed E-state index contributed by atoms with van der Waals surface area (Å²) < 4.78 is 4.71. The van der Waals surface area contributed by atoms with Gasteiger partial charge < -0.3 is 4.74 Å². The number of likely N-dealkylation sites (tertiary alicyclic amines) is 1. The van der Waals surface area contributed by atoms with Gasteiger partial charge in [-0.3, -0.25) is 9.69 Å². The second-order valence-electron chi connectivity index (χ2n) is 2.94. The molecule has 3 nitrogen and oxygen atoms in total. The van der Waals surface area contributed by atoms with Crippen molar-refractivity contribution in [2.45, 2.75) is 18.9 Å². The van der Waals surface area contributed by atoms with Gasteiger partial charge in [0.1, 0.15) is 6.04 Å². The third kappa shape index (κ3) is 2.14.